The third-order valence-electron chi connectivity index (χ3n) is 4.87. The summed E-state index contributed by atoms with van der Waals surface area (Å²) >= 11 is 1.05. The molecule has 34 heavy (non-hydrogen) atoms. The lowest BCUT2D eigenvalue weighted by molar-refractivity contribution is 0.256. The second kappa shape index (κ2) is 9.15. The summed E-state index contributed by atoms with van der Waals surface area (Å²) in [5, 5.41) is 5.89. The molecule has 12 heteroatoms. The molecular formula is C22H21N5O5S2. The number of carbonyl (C=O) groups is 1. The van der Waals surface area contributed by atoms with Crippen LogP contribution in [0, 0.1) is 6.92 Å². The van der Waals surface area contributed by atoms with E-state index in [1.54, 1.807) is 31.2 Å². The molecule has 176 valence electrons. The molecule has 2 aromatic carbocycles. The number of nitrogens with one attached hydrogen (secondary N) is 4. The van der Waals surface area contributed by atoms with Gasteiger partial charge in [0, 0.05) is 22.8 Å². The fraction of sp³-hybridized carbons (Fsp3) is 0.136. The molecule has 4 N–H and O–H groups in total. The molecule has 4 aromatic rings. The van der Waals surface area contributed by atoms with Crippen LogP contribution in [0.25, 0.3) is 16.6 Å². The van der Waals surface area contributed by atoms with Crippen molar-refractivity contribution in [3.8, 4) is 5.69 Å². The maximum absolute atomic E-state index is 13.0. The summed E-state index contributed by atoms with van der Waals surface area (Å²) in [6.07, 6.45) is 0. The van der Waals surface area contributed by atoms with Gasteiger partial charge in [0.25, 0.3) is 15.6 Å². The molecule has 0 aliphatic carbocycles. The first-order valence-electron chi connectivity index (χ1n) is 10.2. The molecule has 2 heterocycles. The van der Waals surface area contributed by atoms with Crippen LogP contribution >= 0.6 is 11.3 Å². The normalized spacial score (nSPS) is 11.4. The Morgan fingerprint density at radius 2 is 1.74 bits per heavy atom. The van der Waals surface area contributed by atoms with E-state index in [-0.39, 0.29) is 15.6 Å². The topological polar surface area (TPSA) is 142 Å². The van der Waals surface area contributed by atoms with Crippen LogP contribution in [0.5, 0.6) is 0 Å². The molecule has 0 aliphatic rings. The molecule has 2 amide bonds. The maximum atomic E-state index is 13.0. The van der Waals surface area contributed by atoms with Crippen molar-refractivity contribution in [2.75, 3.05) is 17.2 Å². The van der Waals surface area contributed by atoms with Gasteiger partial charge in [-0.3, -0.25) is 4.79 Å². The van der Waals surface area contributed by atoms with Gasteiger partial charge in [-0.05, 0) is 68.4 Å². The zero-order valence-electron chi connectivity index (χ0n) is 18.2. The first-order valence-corrected chi connectivity index (χ1v) is 12.5. The van der Waals surface area contributed by atoms with Gasteiger partial charge in [0.1, 0.15) is 4.21 Å². The van der Waals surface area contributed by atoms with E-state index in [1.165, 1.54) is 30.3 Å². The average molecular weight is 500 g/mol. The number of anilines is 2. The van der Waals surface area contributed by atoms with E-state index in [0.717, 1.165) is 26.5 Å². The van der Waals surface area contributed by atoms with E-state index in [9.17, 15) is 22.8 Å². The molecule has 4 rings (SSSR count). The van der Waals surface area contributed by atoms with Crippen LogP contribution in [-0.2, 0) is 10.0 Å². The fourth-order valence-electron chi connectivity index (χ4n) is 3.35. The van der Waals surface area contributed by atoms with E-state index < -0.39 is 27.3 Å². The highest BCUT2D eigenvalue weighted by atomic mass is 32.2. The Morgan fingerprint density at radius 1 is 1.03 bits per heavy atom. The largest absolute Gasteiger partial charge is 0.385 e. The van der Waals surface area contributed by atoms with Crippen molar-refractivity contribution >= 4 is 49.7 Å². The number of thiophene rings is 1. The number of H-pyrrole nitrogens is 1. The number of sulfonamides is 1. The quantitative estimate of drug-likeness (QED) is 0.321. The molecule has 0 atom stereocenters. The minimum atomic E-state index is -3.99. The molecule has 0 saturated heterocycles. The van der Waals surface area contributed by atoms with Gasteiger partial charge in [0.15, 0.2) is 0 Å². The SMILES string of the molecule is CCNc1ccc2c(=O)n(-c3ccc(NC(=O)NS(=O)(=O)c4ccc(C)s4)cc3)c(=O)[nH]c2c1. The predicted molar refractivity (Wildman–Crippen MR) is 133 cm³/mol. The van der Waals surface area contributed by atoms with E-state index in [0.29, 0.717) is 17.4 Å². The number of hydrogen-bond donors (Lipinski definition) is 4. The zero-order valence-corrected chi connectivity index (χ0v) is 19.8. The molecule has 0 bridgehead atoms. The highest BCUT2D eigenvalue weighted by Crippen LogP contribution is 2.20. The van der Waals surface area contributed by atoms with E-state index >= 15 is 0 Å². The van der Waals surface area contributed by atoms with E-state index in [4.69, 9.17) is 0 Å². The van der Waals surface area contributed by atoms with Crippen LogP contribution in [-0.4, -0.2) is 30.5 Å². The third kappa shape index (κ3) is 4.72. The summed E-state index contributed by atoms with van der Waals surface area (Å²) in [5.74, 6) is 0. The van der Waals surface area contributed by atoms with Gasteiger partial charge in [-0.2, -0.15) is 0 Å². The summed E-state index contributed by atoms with van der Waals surface area (Å²) in [7, 11) is -3.99. The number of urea groups is 1. The maximum Gasteiger partial charge on any atom is 0.333 e. The Kier molecular flexibility index (Phi) is 6.26. The van der Waals surface area contributed by atoms with E-state index in [2.05, 4.69) is 15.6 Å². The first kappa shape index (κ1) is 23.3. The number of carbonyl (C=O) groups excluding carboxylic acids is 1. The van der Waals surface area contributed by atoms with Gasteiger partial charge < -0.3 is 15.6 Å². The molecule has 0 unspecified atom stereocenters. The average Bonchev–Trinajstić information content (AvgIpc) is 3.22. The monoisotopic (exact) mass is 499 g/mol. The minimum absolute atomic E-state index is 0.0306. The van der Waals surface area contributed by atoms with Gasteiger partial charge in [0.05, 0.1) is 16.6 Å². The summed E-state index contributed by atoms with van der Waals surface area (Å²) in [5.41, 5.74) is 0.671. The number of benzene rings is 2. The zero-order chi connectivity index (χ0) is 24.5. The highest BCUT2D eigenvalue weighted by molar-refractivity contribution is 7.92. The van der Waals surface area contributed by atoms with Gasteiger partial charge in [-0.25, -0.2) is 27.3 Å². The number of rotatable bonds is 6. The Bertz CT molecular complexity index is 1600. The van der Waals surface area contributed by atoms with Crippen molar-refractivity contribution in [2.24, 2.45) is 0 Å². The van der Waals surface area contributed by atoms with Crippen LogP contribution in [0.4, 0.5) is 16.2 Å². The van der Waals surface area contributed by atoms with Crippen LogP contribution in [0.3, 0.4) is 0 Å². The summed E-state index contributed by atoms with van der Waals surface area (Å²) in [6, 6.07) is 13.1. The Hall–Kier alpha value is -3.90. The van der Waals surface area contributed by atoms with Crippen LogP contribution in [0.1, 0.15) is 11.8 Å². The smallest absolute Gasteiger partial charge is 0.333 e. The second-order valence-corrected chi connectivity index (χ2v) is 10.5. The van der Waals surface area contributed by atoms with Crippen LogP contribution in [0.2, 0.25) is 0 Å². The van der Waals surface area contributed by atoms with Gasteiger partial charge >= 0.3 is 11.7 Å². The Labute approximate surface area is 198 Å². The standard InChI is InChI=1S/C22H21N5O5S2/c1-3-23-15-7-10-17-18(12-15)25-22(30)27(20(17)28)16-8-5-14(6-9-16)24-21(29)26-34(31,32)19-11-4-13(2)33-19/h4-12,23H,3H2,1-2H3,(H,25,30)(H2,24,26,29). The third-order valence-corrected chi connectivity index (χ3v) is 7.69. The number of aromatic amines is 1. The van der Waals surface area contributed by atoms with Crippen molar-refractivity contribution < 1.29 is 13.2 Å². The van der Waals surface area contributed by atoms with Crippen LogP contribution in [0.15, 0.2) is 68.4 Å². The summed E-state index contributed by atoms with van der Waals surface area (Å²) < 4.78 is 27.5. The molecule has 10 nitrogen and oxygen atoms in total. The molecule has 0 saturated carbocycles. The Balaban J connectivity index is 1.55. The fourth-order valence-corrected chi connectivity index (χ4v) is 5.54. The summed E-state index contributed by atoms with van der Waals surface area (Å²) in [4.78, 5) is 41.3. The number of amides is 2. The lowest BCUT2D eigenvalue weighted by Gasteiger charge is -2.10. The lowest BCUT2D eigenvalue weighted by Crippen LogP contribution is -2.34. The molecule has 0 fully saturated rings. The number of nitrogens with zero attached hydrogens (tertiary/aromatic N) is 1. The van der Waals surface area contributed by atoms with Crippen molar-refractivity contribution in [3.05, 3.63) is 80.3 Å². The number of aryl methyl sites for hydroxylation is 1. The summed E-state index contributed by atoms with van der Waals surface area (Å²) in [6.45, 7) is 4.40. The van der Waals surface area contributed by atoms with Crippen molar-refractivity contribution in [3.63, 3.8) is 0 Å². The first-order chi connectivity index (χ1) is 16.2. The van der Waals surface area contributed by atoms with Crippen molar-refractivity contribution in [1.82, 2.24) is 14.3 Å². The van der Waals surface area contributed by atoms with Crippen molar-refractivity contribution in [2.45, 2.75) is 18.1 Å². The second-order valence-electron chi connectivity index (χ2n) is 7.33. The van der Waals surface area contributed by atoms with E-state index in [1.807, 2.05) is 11.6 Å². The minimum Gasteiger partial charge on any atom is -0.385 e. The van der Waals surface area contributed by atoms with Crippen LogP contribution < -0.4 is 26.6 Å². The molecule has 0 radical (unpaired) electrons. The Morgan fingerprint density at radius 3 is 2.38 bits per heavy atom. The molecule has 0 aliphatic heterocycles. The molecule has 2 aromatic heterocycles. The van der Waals surface area contributed by atoms with Gasteiger partial charge in [0.2, 0.25) is 0 Å². The molecular weight excluding hydrogens is 478 g/mol. The van der Waals surface area contributed by atoms with Crippen molar-refractivity contribution in [1.29, 1.82) is 0 Å². The lowest BCUT2D eigenvalue weighted by atomic mass is 10.2. The number of aromatic nitrogens is 2. The van der Waals surface area contributed by atoms with Gasteiger partial charge in [-0.1, -0.05) is 0 Å². The highest BCUT2D eigenvalue weighted by Gasteiger charge is 2.19. The predicted octanol–water partition coefficient (Wildman–Crippen LogP) is 2.99. The van der Waals surface area contributed by atoms with Gasteiger partial charge in [-0.15, -0.1) is 11.3 Å². The number of fused-ring (bicyclic) bond motifs is 1. The molecule has 0 spiro atoms. The number of hydrogen-bond acceptors (Lipinski definition) is 7.